The number of hydrogen-bond acceptors (Lipinski definition) is 4. The average molecular weight is 315 g/mol. The van der Waals surface area contributed by atoms with Gasteiger partial charge in [-0.1, -0.05) is 34.5 Å². The SMILES string of the molecule is NC(Cc1cn(Cc2c(Cl)cccc2Cl)nn1)C(=O)O. The number of carboxylic acids is 1. The molecule has 0 aliphatic heterocycles. The third-order valence-corrected chi connectivity index (χ3v) is 3.42. The molecule has 0 amide bonds. The maximum absolute atomic E-state index is 10.7. The Morgan fingerprint density at radius 2 is 2.05 bits per heavy atom. The molecule has 20 heavy (non-hydrogen) atoms. The lowest BCUT2D eigenvalue weighted by Crippen LogP contribution is -2.32. The second kappa shape index (κ2) is 6.21. The number of nitrogens with zero attached hydrogens (tertiary/aromatic N) is 3. The van der Waals surface area contributed by atoms with Crippen molar-refractivity contribution in [2.24, 2.45) is 5.73 Å². The van der Waals surface area contributed by atoms with Crippen LogP contribution in [0, 0.1) is 0 Å². The lowest BCUT2D eigenvalue weighted by molar-refractivity contribution is -0.138. The fourth-order valence-corrected chi connectivity index (χ4v) is 2.18. The molecule has 0 radical (unpaired) electrons. The van der Waals surface area contributed by atoms with Crippen LogP contribution in [0.2, 0.25) is 10.0 Å². The summed E-state index contributed by atoms with van der Waals surface area (Å²) in [5, 5.41) is 17.6. The van der Waals surface area contributed by atoms with Crippen molar-refractivity contribution in [2.75, 3.05) is 0 Å². The van der Waals surface area contributed by atoms with Gasteiger partial charge in [0.15, 0.2) is 0 Å². The van der Waals surface area contributed by atoms with Crippen LogP contribution in [0.4, 0.5) is 0 Å². The predicted octanol–water partition coefficient (Wildman–Crippen LogP) is 1.59. The van der Waals surface area contributed by atoms with Crippen LogP contribution in [0.1, 0.15) is 11.3 Å². The standard InChI is InChI=1S/C12H12Cl2N4O2/c13-9-2-1-3-10(14)8(9)6-18-5-7(16-17-18)4-11(15)12(19)20/h1-3,5,11H,4,6,15H2,(H,19,20). The molecule has 0 bridgehead atoms. The van der Waals surface area contributed by atoms with Crippen LogP contribution in [0.25, 0.3) is 0 Å². The number of benzene rings is 1. The van der Waals surface area contributed by atoms with Crippen LogP contribution in [-0.4, -0.2) is 32.1 Å². The predicted molar refractivity (Wildman–Crippen MR) is 74.9 cm³/mol. The number of aliphatic carboxylic acids is 1. The Labute approximate surface area is 125 Å². The molecule has 1 aromatic carbocycles. The van der Waals surface area contributed by atoms with E-state index in [9.17, 15) is 4.79 Å². The summed E-state index contributed by atoms with van der Waals surface area (Å²) in [5.74, 6) is -1.08. The molecule has 1 aromatic heterocycles. The topological polar surface area (TPSA) is 94.0 Å². The number of hydrogen-bond donors (Lipinski definition) is 2. The van der Waals surface area contributed by atoms with Crippen LogP contribution < -0.4 is 5.73 Å². The quantitative estimate of drug-likeness (QED) is 0.874. The Hall–Kier alpha value is -1.63. The maximum atomic E-state index is 10.7. The average Bonchev–Trinajstić information content (AvgIpc) is 2.81. The van der Waals surface area contributed by atoms with Gasteiger partial charge in [0.25, 0.3) is 0 Å². The number of rotatable bonds is 5. The van der Waals surface area contributed by atoms with Crippen molar-refractivity contribution in [1.82, 2.24) is 15.0 Å². The van der Waals surface area contributed by atoms with Gasteiger partial charge in [0.1, 0.15) is 6.04 Å². The van der Waals surface area contributed by atoms with Gasteiger partial charge in [-0.2, -0.15) is 0 Å². The third kappa shape index (κ3) is 3.47. The monoisotopic (exact) mass is 314 g/mol. The zero-order valence-electron chi connectivity index (χ0n) is 10.3. The summed E-state index contributed by atoms with van der Waals surface area (Å²) < 4.78 is 1.54. The largest absolute Gasteiger partial charge is 0.480 e. The minimum atomic E-state index is -1.08. The molecular weight excluding hydrogens is 303 g/mol. The first-order valence-electron chi connectivity index (χ1n) is 5.77. The molecule has 1 unspecified atom stereocenters. The van der Waals surface area contributed by atoms with Gasteiger partial charge in [-0.25, -0.2) is 4.68 Å². The van der Waals surface area contributed by atoms with Crippen molar-refractivity contribution in [3.63, 3.8) is 0 Å². The highest BCUT2D eigenvalue weighted by Crippen LogP contribution is 2.24. The highest BCUT2D eigenvalue weighted by atomic mass is 35.5. The van der Waals surface area contributed by atoms with Gasteiger partial charge in [-0.05, 0) is 12.1 Å². The molecule has 2 rings (SSSR count). The smallest absolute Gasteiger partial charge is 0.320 e. The van der Waals surface area contributed by atoms with Gasteiger partial charge in [0.05, 0.1) is 12.2 Å². The zero-order valence-corrected chi connectivity index (χ0v) is 11.8. The van der Waals surface area contributed by atoms with Crippen molar-refractivity contribution in [3.05, 3.63) is 45.7 Å². The van der Waals surface area contributed by atoms with Gasteiger partial charge in [-0.15, -0.1) is 5.10 Å². The molecule has 0 spiro atoms. The fraction of sp³-hybridized carbons (Fsp3) is 0.250. The number of aromatic nitrogens is 3. The molecule has 8 heteroatoms. The van der Waals surface area contributed by atoms with E-state index >= 15 is 0 Å². The van der Waals surface area contributed by atoms with E-state index < -0.39 is 12.0 Å². The summed E-state index contributed by atoms with van der Waals surface area (Å²) in [5.41, 5.74) is 6.67. The lowest BCUT2D eigenvalue weighted by Gasteiger charge is -2.06. The third-order valence-electron chi connectivity index (χ3n) is 2.71. The molecular formula is C12H12Cl2N4O2. The Morgan fingerprint density at radius 3 is 2.65 bits per heavy atom. The summed E-state index contributed by atoms with van der Waals surface area (Å²) in [4.78, 5) is 10.7. The number of halogens is 2. The highest BCUT2D eigenvalue weighted by Gasteiger charge is 2.15. The molecule has 0 saturated heterocycles. The molecule has 3 N–H and O–H groups in total. The molecule has 0 fully saturated rings. The van der Waals surface area contributed by atoms with E-state index in [0.717, 1.165) is 5.56 Å². The summed E-state index contributed by atoms with van der Waals surface area (Å²) in [7, 11) is 0. The van der Waals surface area contributed by atoms with Crippen molar-refractivity contribution in [2.45, 2.75) is 19.0 Å². The van der Waals surface area contributed by atoms with E-state index in [1.54, 1.807) is 24.4 Å². The molecule has 1 heterocycles. The van der Waals surface area contributed by atoms with Gasteiger partial charge in [0, 0.05) is 28.2 Å². The zero-order chi connectivity index (χ0) is 14.7. The molecule has 1 atom stereocenters. The van der Waals surface area contributed by atoms with Gasteiger partial charge in [0.2, 0.25) is 0 Å². The van der Waals surface area contributed by atoms with E-state index in [1.807, 2.05) is 0 Å². The Bertz CT molecular complexity index is 609. The van der Waals surface area contributed by atoms with Crippen molar-refractivity contribution < 1.29 is 9.90 Å². The van der Waals surface area contributed by atoms with Crippen LogP contribution in [0.3, 0.4) is 0 Å². The maximum Gasteiger partial charge on any atom is 0.320 e. The van der Waals surface area contributed by atoms with Crippen LogP contribution in [0.5, 0.6) is 0 Å². The second-order valence-corrected chi connectivity index (χ2v) is 5.07. The Kier molecular flexibility index (Phi) is 4.59. The summed E-state index contributed by atoms with van der Waals surface area (Å²) >= 11 is 12.1. The molecule has 2 aromatic rings. The van der Waals surface area contributed by atoms with Gasteiger partial charge < -0.3 is 10.8 Å². The number of carboxylic acid groups (broad SMARTS) is 1. The number of carbonyl (C=O) groups is 1. The number of nitrogens with two attached hydrogens (primary N) is 1. The highest BCUT2D eigenvalue weighted by molar-refractivity contribution is 6.35. The molecule has 0 saturated carbocycles. The van der Waals surface area contributed by atoms with E-state index in [4.69, 9.17) is 34.0 Å². The van der Waals surface area contributed by atoms with Crippen molar-refractivity contribution in [3.8, 4) is 0 Å². The van der Waals surface area contributed by atoms with E-state index in [1.165, 1.54) is 4.68 Å². The second-order valence-electron chi connectivity index (χ2n) is 4.26. The molecule has 106 valence electrons. The van der Waals surface area contributed by atoms with E-state index in [0.29, 0.717) is 22.3 Å². The van der Waals surface area contributed by atoms with Crippen LogP contribution >= 0.6 is 23.2 Å². The first-order chi connectivity index (χ1) is 9.47. The summed E-state index contributed by atoms with van der Waals surface area (Å²) in [6.07, 6.45) is 1.74. The summed E-state index contributed by atoms with van der Waals surface area (Å²) in [6, 6.07) is 4.23. The first-order valence-corrected chi connectivity index (χ1v) is 6.53. The van der Waals surface area contributed by atoms with Gasteiger partial charge in [-0.3, -0.25) is 4.79 Å². The molecule has 6 nitrogen and oxygen atoms in total. The Balaban J connectivity index is 2.12. The fourth-order valence-electron chi connectivity index (χ4n) is 1.67. The van der Waals surface area contributed by atoms with Gasteiger partial charge >= 0.3 is 5.97 Å². The molecule has 0 aliphatic carbocycles. The van der Waals surface area contributed by atoms with E-state index in [-0.39, 0.29) is 6.42 Å². The lowest BCUT2D eigenvalue weighted by atomic mass is 10.2. The van der Waals surface area contributed by atoms with Crippen LogP contribution in [0.15, 0.2) is 24.4 Å². The van der Waals surface area contributed by atoms with Crippen molar-refractivity contribution in [1.29, 1.82) is 0 Å². The summed E-state index contributed by atoms with van der Waals surface area (Å²) in [6.45, 7) is 0.355. The normalized spacial score (nSPS) is 12.3. The van der Waals surface area contributed by atoms with Crippen molar-refractivity contribution >= 4 is 29.2 Å². The van der Waals surface area contributed by atoms with Crippen LogP contribution in [-0.2, 0) is 17.8 Å². The minimum absolute atomic E-state index is 0.117. The Morgan fingerprint density at radius 1 is 1.40 bits per heavy atom. The molecule has 0 aliphatic rings. The minimum Gasteiger partial charge on any atom is -0.480 e. The first kappa shape index (κ1) is 14.8. The van der Waals surface area contributed by atoms with E-state index in [2.05, 4.69) is 10.3 Å².